The third-order valence-electron chi connectivity index (χ3n) is 3.06. The van der Waals surface area contributed by atoms with Gasteiger partial charge < -0.3 is 15.0 Å². The van der Waals surface area contributed by atoms with Gasteiger partial charge in [0.05, 0.1) is 10.2 Å². The van der Waals surface area contributed by atoms with Crippen molar-refractivity contribution >= 4 is 33.4 Å². The van der Waals surface area contributed by atoms with Crippen molar-refractivity contribution < 1.29 is 14.3 Å². The number of carbonyl (C=O) groups excluding carboxylic acids is 2. The summed E-state index contributed by atoms with van der Waals surface area (Å²) in [5.41, 5.74) is 0.902. The molecule has 1 unspecified atom stereocenters. The van der Waals surface area contributed by atoms with Gasteiger partial charge in [-0.15, -0.1) is 11.3 Å². The molecule has 6 heteroatoms. The molecule has 0 aliphatic rings. The zero-order chi connectivity index (χ0) is 16.5. The van der Waals surface area contributed by atoms with Crippen LogP contribution in [0.15, 0.2) is 17.5 Å². The minimum absolute atomic E-state index is 0.109. The number of esters is 1. The summed E-state index contributed by atoms with van der Waals surface area (Å²) in [5, 5.41) is 4.80. The first-order chi connectivity index (χ1) is 10.2. The third-order valence-corrected chi connectivity index (χ3v) is 3.92. The maximum absolute atomic E-state index is 12.3. The predicted molar refractivity (Wildman–Crippen MR) is 88.1 cm³/mol. The molecule has 0 spiro atoms. The number of fused-ring (bicyclic) bond motifs is 1. The highest BCUT2D eigenvalue weighted by Gasteiger charge is 2.30. The molecule has 2 aromatic rings. The minimum Gasteiger partial charge on any atom is -0.447 e. The van der Waals surface area contributed by atoms with Crippen molar-refractivity contribution in [3.05, 3.63) is 23.2 Å². The average molecular weight is 322 g/mol. The van der Waals surface area contributed by atoms with Crippen LogP contribution in [0.25, 0.3) is 10.2 Å². The number of aromatic amines is 1. The quantitative estimate of drug-likeness (QED) is 0.848. The molecule has 0 fully saturated rings. The molecule has 0 aliphatic heterocycles. The second kappa shape index (κ2) is 6.12. The van der Waals surface area contributed by atoms with E-state index in [0.29, 0.717) is 5.69 Å². The molecule has 1 atom stereocenters. The van der Waals surface area contributed by atoms with Gasteiger partial charge in [0.1, 0.15) is 5.69 Å². The lowest BCUT2D eigenvalue weighted by molar-refractivity contribution is -0.133. The van der Waals surface area contributed by atoms with Crippen LogP contribution in [0.3, 0.4) is 0 Å². The van der Waals surface area contributed by atoms with E-state index >= 15 is 0 Å². The number of carbonyl (C=O) groups is 2. The van der Waals surface area contributed by atoms with Crippen molar-refractivity contribution in [3.8, 4) is 0 Å². The lowest BCUT2D eigenvalue weighted by Gasteiger charge is -2.26. The van der Waals surface area contributed by atoms with Crippen molar-refractivity contribution in [2.45, 2.75) is 46.3 Å². The fourth-order valence-electron chi connectivity index (χ4n) is 2.07. The predicted octanol–water partition coefficient (Wildman–Crippen LogP) is 3.33. The van der Waals surface area contributed by atoms with Crippen LogP contribution in [0.4, 0.5) is 0 Å². The zero-order valence-electron chi connectivity index (χ0n) is 13.5. The molecule has 0 saturated carbocycles. The van der Waals surface area contributed by atoms with Crippen molar-refractivity contribution in [1.29, 1.82) is 0 Å². The van der Waals surface area contributed by atoms with Crippen LogP contribution < -0.4 is 5.32 Å². The molecule has 0 aromatic carbocycles. The van der Waals surface area contributed by atoms with E-state index in [0.717, 1.165) is 10.2 Å². The van der Waals surface area contributed by atoms with Gasteiger partial charge >= 0.3 is 5.97 Å². The van der Waals surface area contributed by atoms with Crippen LogP contribution >= 0.6 is 11.3 Å². The summed E-state index contributed by atoms with van der Waals surface area (Å²) in [4.78, 5) is 27.6. The first kappa shape index (κ1) is 16.5. The molecule has 22 heavy (non-hydrogen) atoms. The maximum Gasteiger partial charge on any atom is 0.355 e. The number of thiophene rings is 1. The number of rotatable bonds is 4. The Morgan fingerprint density at radius 1 is 1.32 bits per heavy atom. The highest BCUT2D eigenvalue weighted by molar-refractivity contribution is 7.17. The summed E-state index contributed by atoms with van der Waals surface area (Å²) in [6.07, 6.45) is -0.812. The van der Waals surface area contributed by atoms with Gasteiger partial charge in [0.2, 0.25) is 0 Å². The van der Waals surface area contributed by atoms with Gasteiger partial charge in [-0.2, -0.15) is 0 Å². The van der Waals surface area contributed by atoms with E-state index in [-0.39, 0.29) is 17.4 Å². The molecular weight excluding hydrogens is 300 g/mol. The van der Waals surface area contributed by atoms with Crippen molar-refractivity contribution in [3.63, 3.8) is 0 Å². The first-order valence-electron chi connectivity index (χ1n) is 7.26. The molecule has 0 radical (unpaired) electrons. The summed E-state index contributed by atoms with van der Waals surface area (Å²) >= 11 is 1.55. The summed E-state index contributed by atoms with van der Waals surface area (Å²) in [5.74, 6) is -0.891. The molecule has 2 aromatic heterocycles. The average Bonchev–Trinajstić information content (AvgIpc) is 2.93. The normalized spacial score (nSPS) is 13.4. The van der Waals surface area contributed by atoms with E-state index in [1.54, 1.807) is 17.4 Å². The van der Waals surface area contributed by atoms with Gasteiger partial charge in [-0.3, -0.25) is 4.79 Å². The Morgan fingerprint density at radius 2 is 2.00 bits per heavy atom. The largest absolute Gasteiger partial charge is 0.447 e. The number of ether oxygens (including phenoxy) is 1. The van der Waals surface area contributed by atoms with E-state index in [2.05, 4.69) is 10.3 Å². The third kappa shape index (κ3) is 3.88. The standard InChI is InChI=1S/C16H22N2O3S/c1-9(2)13(14(19)18-16(3,4)5)21-15(20)11-8-12-10(17-11)6-7-22-12/h6-9,13,17H,1-5H3,(H,18,19). The summed E-state index contributed by atoms with van der Waals surface area (Å²) in [6.45, 7) is 9.39. The second-order valence-electron chi connectivity index (χ2n) is 6.69. The number of amides is 1. The molecule has 0 bridgehead atoms. The molecule has 0 saturated heterocycles. The Balaban J connectivity index is 2.11. The van der Waals surface area contributed by atoms with E-state index in [1.165, 1.54) is 0 Å². The first-order valence-corrected chi connectivity index (χ1v) is 8.14. The molecule has 2 N–H and O–H groups in total. The van der Waals surface area contributed by atoms with Crippen molar-refractivity contribution in [1.82, 2.24) is 10.3 Å². The zero-order valence-corrected chi connectivity index (χ0v) is 14.3. The summed E-state index contributed by atoms with van der Waals surface area (Å²) in [7, 11) is 0. The van der Waals surface area contributed by atoms with Crippen molar-refractivity contribution in [2.24, 2.45) is 5.92 Å². The monoisotopic (exact) mass is 322 g/mol. The maximum atomic E-state index is 12.3. The highest BCUT2D eigenvalue weighted by Crippen LogP contribution is 2.22. The summed E-state index contributed by atoms with van der Waals surface area (Å²) in [6, 6.07) is 3.66. The van der Waals surface area contributed by atoms with E-state index in [1.807, 2.05) is 46.1 Å². The van der Waals surface area contributed by atoms with E-state index in [9.17, 15) is 9.59 Å². The minimum atomic E-state index is -0.812. The number of aromatic nitrogens is 1. The molecule has 2 heterocycles. The van der Waals surface area contributed by atoms with Gasteiger partial charge in [0.15, 0.2) is 6.10 Å². The Labute approximate surface area is 134 Å². The number of H-pyrrole nitrogens is 1. The lowest BCUT2D eigenvalue weighted by Crippen LogP contribution is -2.48. The number of hydrogen-bond donors (Lipinski definition) is 2. The van der Waals surface area contributed by atoms with Gasteiger partial charge in [-0.25, -0.2) is 4.79 Å². The van der Waals surface area contributed by atoms with E-state index in [4.69, 9.17) is 4.74 Å². The van der Waals surface area contributed by atoms with Crippen LogP contribution in [0, 0.1) is 5.92 Å². The molecule has 0 aliphatic carbocycles. The van der Waals surface area contributed by atoms with Gasteiger partial charge in [-0.1, -0.05) is 13.8 Å². The van der Waals surface area contributed by atoms with Crippen LogP contribution in [0.5, 0.6) is 0 Å². The van der Waals surface area contributed by atoms with Gasteiger partial charge in [-0.05, 0) is 44.2 Å². The Bertz CT molecular complexity index is 650. The lowest BCUT2D eigenvalue weighted by atomic mass is 10.0. The van der Waals surface area contributed by atoms with Crippen LogP contribution in [0.2, 0.25) is 0 Å². The SMILES string of the molecule is CC(C)C(OC(=O)c1cc2sccc2[nH]1)C(=O)NC(C)(C)C. The number of nitrogens with one attached hydrogen (secondary N) is 2. The Hall–Kier alpha value is -1.82. The van der Waals surface area contributed by atoms with Crippen LogP contribution in [-0.2, 0) is 9.53 Å². The molecule has 5 nitrogen and oxygen atoms in total. The topological polar surface area (TPSA) is 71.2 Å². The van der Waals surface area contributed by atoms with Gasteiger partial charge in [0, 0.05) is 5.54 Å². The molecule has 120 valence electrons. The molecule has 1 amide bonds. The van der Waals surface area contributed by atoms with Crippen LogP contribution in [0.1, 0.15) is 45.1 Å². The summed E-state index contributed by atoms with van der Waals surface area (Å²) < 4.78 is 6.42. The molecule has 2 rings (SSSR count). The van der Waals surface area contributed by atoms with Crippen LogP contribution in [-0.4, -0.2) is 28.5 Å². The number of hydrogen-bond acceptors (Lipinski definition) is 4. The van der Waals surface area contributed by atoms with Gasteiger partial charge in [0.25, 0.3) is 5.91 Å². The highest BCUT2D eigenvalue weighted by atomic mass is 32.1. The van der Waals surface area contributed by atoms with Crippen molar-refractivity contribution in [2.75, 3.05) is 0 Å². The smallest absolute Gasteiger partial charge is 0.355 e. The molecular formula is C16H22N2O3S. The Morgan fingerprint density at radius 3 is 2.55 bits per heavy atom. The second-order valence-corrected chi connectivity index (χ2v) is 7.64. The Kier molecular flexibility index (Phi) is 4.60. The fraction of sp³-hybridized carbons (Fsp3) is 0.500. The van der Waals surface area contributed by atoms with E-state index < -0.39 is 12.1 Å². The fourth-order valence-corrected chi connectivity index (χ4v) is 2.85.